The highest BCUT2D eigenvalue weighted by molar-refractivity contribution is 5.78. The van der Waals surface area contributed by atoms with Crippen LogP contribution >= 0.6 is 0 Å². The van der Waals surface area contributed by atoms with Crippen LogP contribution in [0.15, 0.2) is 49.3 Å². The summed E-state index contributed by atoms with van der Waals surface area (Å²) in [6, 6.07) is 6.11. The molecule has 1 aliphatic rings. The Hall–Kier alpha value is -2.69. The Kier molecular flexibility index (Phi) is 1.46. The van der Waals surface area contributed by atoms with Gasteiger partial charge in [-0.3, -0.25) is 9.55 Å². The van der Waals surface area contributed by atoms with Crippen molar-refractivity contribution in [2.24, 2.45) is 0 Å². The molecular formula is C14H10N5+. The molecule has 0 aromatic carbocycles. The molecule has 19 heavy (non-hydrogen) atoms. The average molecular weight is 248 g/mol. The van der Waals surface area contributed by atoms with E-state index < -0.39 is 0 Å². The van der Waals surface area contributed by atoms with Crippen LogP contribution in [-0.4, -0.2) is 19.2 Å². The van der Waals surface area contributed by atoms with Crippen molar-refractivity contribution in [3.05, 3.63) is 54.9 Å². The highest BCUT2D eigenvalue weighted by Gasteiger charge is 2.30. The minimum absolute atomic E-state index is 0.884. The zero-order valence-corrected chi connectivity index (χ0v) is 10.1. The van der Waals surface area contributed by atoms with Gasteiger partial charge in [0.25, 0.3) is 5.65 Å². The number of pyridine rings is 1. The molecule has 4 aromatic heterocycles. The second-order valence-corrected chi connectivity index (χ2v) is 4.85. The molecule has 0 spiro atoms. The van der Waals surface area contributed by atoms with Crippen molar-refractivity contribution in [2.75, 3.05) is 0 Å². The summed E-state index contributed by atoms with van der Waals surface area (Å²) in [5.74, 6) is 0. The van der Waals surface area contributed by atoms with Gasteiger partial charge in [-0.15, -0.1) is 9.61 Å². The second-order valence-electron chi connectivity index (χ2n) is 4.85. The van der Waals surface area contributed by atoms with Crippen molar-refractivity contribution >= 4 is 11.2 Å². The summed E-state index contributed by atoms with van der Waals surface area (Å²) < 4.78 is 6.38. The lowest BCUT2D eigenvalue weighted by atomic mass is 10.1. The van der Waals surface area contributed by atoms with Crippen LogP contribution in [0.3, 0.4) is 0 Å². The third-order valence-corrected chi connectivity index (χ3v) is 3.76. The van der Waals surface area contributed by atoms with Gasteiger partial charge >= 0.3 is 0 Å². The van der Waals surface area contributed by atoms with Crippen LogP contribution in [0, 0.1) is 0 Å². The Morgan fingerprint density at radius 3 is 3.21 bits per heavy atom. The lowest BCUT2D eigenvalue weighted by molar-refractivity contribution is -0.510. The summed E-state index contributed by atoms with van der Waals surface area (Å²) >= 11 is 0. The first-order valence-electron chi connectivity index (χ1n) is 6.22. The highest BCUT2D eigenvalue weighted by Crippen LogP contribution is 2.33. The molecule has 0 amide bonds. The van der Waals surface area contributed by atoms with Crippen LogP contribution in [0.2, 0.25) is 0 Å². The van der Waals surface area contributed by atoms with Gasteiger partial charge in [0, 0.05) is 23.5 Å². The van der Waals surface area contributed by atoms with Gasteiger partial charge in [0.15, 0.2) is 17.5 Å². The number of rotatable bonds is 0. The average Bonchev–Trinajstić information content (AvgIpc) is 3.04. The quantitative estimate of drug-likeness (QED) is 0.387. The van der Waals surface area contributed by atoms with E-state index in [-0.39, 0.29) is 0 Å². The fourth-order valence-electron chi connectivity index (χ4n) is 2.98. The number of fused-ring (bicyclic) bond motifs is 7. The van der Waals surface area contributed by atoms with Gasteiger partial charge in [-0.05, 0) is 18.2 Å². The molecule has 5 nitrogen and oxygen atoms in total. The first-order chi connectivity index (χ1) is 9.42. The zero-order chi connectivity index (χ0) is 12.4. The fraction of sp³-hybridized carbons (Fsp3) is 0.0714. The summed E-state index contributed by atoms with van der Waals surface area (Å²) in [4.78, 5) is 4.21. The van der Waals surface area contributed by atoms with E-state index in [2.05, 4.69) is 43.7 Å². The van der Waals surface area contributed by atoms with Gasteiger partial charge in [-0.2, -0.15) is 0 Å². The van der Waals surface area contributed by atoms with Crippen molar-refractivity contribution in [1.82, 2.24) is 19.2 Å². The number of imidazole rings is 2. The van der Waals surface area contributed by atoms with E-state index in [1.165, 1.54) is 16.8 Å². The van der Waals surface area contributed by atoms with Crippen LogP contribution in [0.1, 0.15) is 5.56 Å². The molecule has 0 radical (unpaired) electrons. The summed E-state index contributed by atoms with van der Waals surface area (Å²) in [6.07, 6.45) is 9.84. The van der Waals surface area contributed by atoms with Gasteiger partial charge in [0.05, 0.1) is 12.7 Å². The summed E-state index contributed by atoms with van der Waals surface area (Å²) in [6.45, 7) is 0.884. The van der Waals surface area contributed by atoms with E-state index >= 15 is 0 Å². The second kappa shape index (κ2) is 3.00. The Labute approximate surface area is 108 Å². The van der Waals surface area contributed by atoms with E-state index in [9.17, 15) is 0 Å². The van der Waals surface area contributed by atoms with Crippen molar-refractivity contribution in [3.63, 3.8) is 0 Å². The molecule has 90 valence electrons. The summed E-state index contributed by atoms with van der Waals surface area (Å²) in [7, 11) is 0. The SMILES string of the molecule is c1cnn2c(c1)c[n+]1cn3c(c21)-c1ccncc1C3. The molecule has 0 aliphatic carbocycles. The lowest BCUT2D eigenvalue weighted by Gasteiger charge is -1.93. The first kappa shape index (κ1) is 9.27. The summed E-state index contributed by atoms with van der Waals surface area (Å²) in [5, 5.41) is 4.46. The van der Waals surface area contributed by atoms with Crippen LogP contribution in [0.5, 0.6) is 0 Å². The molecule has 5 heterocycles. The van der Waals surface area contributed by atoms with Crippen molar-refractivity contribution in [3.8, 4) is 11.3 Å². The van der Waals surface area contributed by atoms with Gasteiger partial charge in [0.1, 0.15) is 6.20 Å². The molecule has 4 aromatic rings. The van der Waals surface area contributed by atoms with Gasteiger partial charge in [-0.25, -0.2) is 4.40 Å². The van der Waals surface area contributed by atoms with Crippen LogP contribution in [0.4, 0.5) is 0 Å². The standard InChI is InChI=1S/C14H10N5/c1-2-11-8-18-9-17-7-10-6-15-5-3-12(10)13(17)14(18)19(11)16-4-1/h1-6,8-9H,7H2/q+1. The zero-order valence-electron chi connectivity index (χ0n) is 10.1. The molecule has 0 N–H and O–H groups in total. The lowest BCUT2D eigenvalue weighted by Crippen LogP contribution is -2.15. The number of aromatic nitrogens is 5. The molecule has 0 saturated heterocycles. The van der Waals surface area contributed by atoms with Crippen LogP contribution in [0.25, 0.3) is 22.4 Å². The molecule has 0 fully saturated rings. The monoisotopic (exact) mass is 248 g/mol. The molecule has 5 rings (SSSR count). The van der Waals surface area contributed by atoms with Crippen molar-refractivity contribution in [2.45, 2.75) is 6.54 Å². The maximum absolute atomic E-state index is 4.46. The molecule has 0 atom stereocenters. The number of nitrogens with zero attached hydrogens (tertiary/aromatic N) is 5. The van der Waals surface area contributed by atoms with Gasteiger partial charge < -0.3 is 0 Å². The number of hydrogen-bond acceptors (Lipinski definition) is 2. The minimum atomic E-state index is 0.884. The Balaban J connectivity index is 2.00. The predicted octanol–water partition coefficient (Wildman–Crippen LogP) is 1.30. The van der Waals surface area contributed by atoms with E-state index in [1.54, 1.807) is 0 Å². The molecule has 0 saturated carbocycles. The van der Waals surface area contributed by atoms with E-state index in [0.717, 1.165) is 17.7 Å². The first-order valence-corrected chi connectivity index (χ1v) is 6.22. The van der Waals surface area contributed by atoms with E-state index in [4.69, 9.17) is 0 Å². The topological polar surface area (TPSA) is 39.2 Å². The molecular weight excluding hydrogens is 238 g/mol. The fourth-order valence-corrected chi connectivity index (χ4v) is 2.98. The maximum atomic E-state index is 4.46. The summed E-state index contributed by atoms with van der Waals surface area (Å²) in [5.41, 5.74) is 5.95. The molecule has 0 unspecified atom stereocenters. The largest absolute Gasteiger partial charge is 0.297 e. The maximum Gasteiger partial charge on any atom is 0.297 e. The Morgan fingerprint density at radius 2 is 2.21 bits per heavy atom. The normalized spacial score (nSPS) is 13.1. The van der Waals surface area contributed by atoms with Gasteiger partial charge in [0.2, 0.25) is 0 Å². The Morgan fingerprint density at radius 1 is 1.21 bits per heavy atom. The predicted molar refractivity (Wildman–Crippen MR) is 68.7 cm³/mol. The third-order valence-electron chi connectivity index (χ3n) is 3.76. The third kappa shape index (κ3) is 1.03. The van der Waals surface area contributed by atoms with E-state index in [0.29, 0.717) is 0 Å². The molecule has 1 aliphatic heterocycles. The smallest absolute Gasteiger partial charge is 0.264 e. The van der Waals surface area contributed by atoms with E-state index in [1.807, 2.05) is 29.2 Å². The van der Waals surface area contributed by atoms with Crippen LogP contribution in [-0.2, 0) is 6.54 Å². The van der Waals surface area contributed by atoms with Gasteiger partial charge in [-0.1, -0.05) is 0 Å². The Bertz CT molecular complexity index is 947. The van der Waals surface area contributed by atoms with Crippen molar-refractivity contribution in [1.29, 1.82) is 0 Å². The van der Waals surface area contributed by atoms with Crippen molar-refractivity contribution < 1.29 is 4.40 Å². The molecule has 0 bridgehead atoms. The highest BCUT2D eigenvalue weighted by atomic mass is 15.3. The number of hydrogen-bond donors (Lipinski definition) is 0. The minimum Gasteiger partial charge on any atom is -0.264 e. The van der Waals surface area contributed by atoms with Crippen LogP contribution < -0.4 is 4.40 Å². The molecule has 5 heteroatoms.